The van der Waals surface area contributed by atoms with Crippen molar-refractivity contribution in [3.05, 3.63) is 72.3 Å². The quantitative estimate of drug-likeness (QED) is 0.616. The molecule has 1 atom stereocenters. The van der Waals surface area contributed by atoms with E-state index in [-0.39, 0.29) is 5.91 Å². The summed E-state index contributed by atoms with van der Waals surface area (Å²) >= 11 is 0. The number of hydrogen-bond acceptors (Lipinski definition) is 2. The molecule has 0 aliphatic rings. The van der Waals surface area contributed by atoms with Gasteiger partial charge in [-0.1, -0.05) is 69.3 Å². The summed E-state index contributed by atoms with van der Waals surface area (Å²) in [5.41, 5.74) is 2.04. The molecule has 1 N–H and O–H groups in total. The molecule has 0 aliphatic heterocycles. The average molecular weight is 347 g/mol. The molecule has 3 rings (SSSR count). The van der Waals surface area contributed by atoms with E-state index in [0.717, 1.165) is 22.2 Å². The molecule has 0 unspecified atom stereocenters. The third-order valence-electron chi connectivity index (χ3n) is 4.53. The largest absolute Gasteiger partial charge is 0.480 e. The summed E-state index contributed by atoms with van der Waals surface area (Å²) in [7, 11) is 0. The monoisotopic (exact) mass is 347 g/mol. The number of ether oxygens (including phenoxy) is 1. The second-order valence-electron chi connectivity index (χ2n) is 6.76. The number of amides is 1. The van der Waals surface area contributed by atoms with Crippen LogP contribution >= 0.6 is 0 Å². The van der Waals surface area contributed by atoms with Gasteiger partial charge in [0.05, 0.1) is 0 Å². The Morgan fingerprint density at radius 2 is 1.65 bits per heavy atom. The molecular formula is C23H25NO2. The van der Waals surface area contributed by atoms with Crippen LogP contribution in [-0.4, -0.2) is 12.0 Å². The number of carbonyl (C=O) groups excluding carboxylic acids is 1. The van der Waals surface area contributed by atoms with Crippen molar-refractivity contribution in [1.82, 2.24) is 0 Å². The van der Waals surface area contributed by atoms with Gasteiger partial charge in [-0.25, -0.2) is 0 Å². The molecule has 26 heavy (non-hydrogen) atoms. The summed E-state index contributed by atoms with van der Waals surface area (Å²) in [6.07, 6.45) is 0.0599. The van der Waals surface area contributed by atoms with E-state index < -0.39 is 6.10 Å². The Kier molecular flexibility index (Phi) is 5.57. The van der Waals surface area contributed by atoms with Crippen molar-refractivity contribution < 1.29 is 9.53 Å². The molecule has 0 saturated heterocycles. The van der Waals surface area contributed by atoms with Crippen molar-refractivity contribution in [3.8, 4) is 5.75 Å². The molecule has 3 heteroatoms. The summed E-state index contributed by atoms with van der Waals surface area (Å²) < 4.78 is 6.06. The molecule has 0 heterocycles. The van der Waals surface area contributed by atoms with Crippen LogP contribution in [-0.2, 0) is 4.79 Å². The SMILES string of the molecule is CC[C@H](Oc1cccc2ccccc12)C(=O)Nc1ccc(C(C)C)cc1. The van der Waals surface area contributed by atoms with Crippen LogP contribution in [0.3, 0.4) is 0 Å². The van der Waals surface area contributed by atoms with E-state index in [1.165, 1.54) is 5.56 Å². The van der Waals surface area contributed by atoms with Crippen LogP contribution < -0.4 is 10.1 Å². The molecule has 0 spiro atoms. The van der Waals surface area contributed by atoms with Gasteiger partial charge in [-0.15, -0.1) is 0 Å². The molecular weight excluding hydrogens is 322 g/mol. The minimum absolute atomic E-state index is 0.127. The smallest absolute Gasteiger partial charge is 0.265 e. The number of benzene rings is 3. The van der Waals surface area contributed by atoms with Gasteiger partial charge in [-0.3, -0.25) is 4.79 Å². The lowest BCUT2D eigenvalue weighted by atomic mass is 10.0. The maximum atomic E-state index is 12.7. The van der Waals surface area contributed by atoms with E-state index >= 15 is 0 Å². The predicted molar refractivity (Wildman–Crippen MR) is 108 cm³/mol. The van der Waals surface area contributed by atoms with Gasteiger partial charge in [0.15, 0.2) is 6.10 Å². The first-order valence-corrected chi connectivity index (χ1v) is 9.13. The van der Waals surface area contributed by atoms with E-state index in [4.69, 9.17) is 4.74 Å². The van der Waals surface area contributed by atoms with Gasteiger partial charge in [0, 0.05) is 11.1 Å². The van der Waals surface area contributed by atoms with Crippen LogP contribution in [0.4, 0.5) is 5.69 Å². The number of fused-ring (bicyclic) bond motifs is 1. The zero-order chi connectivity index (χ0) is 18.5. The van der Waals surface area contributed by atoms with Crippen molar-refractivity contribution in [3.63, 3.8) is 0 Å². The molecule has 1 amide bonds. The summed E-state index contributed by atoms with van der Waals surface area (Å²) in [5, 5.41) is 5.08. The van der Waals surface area contributed by atoms with Gasteiger partial charge in [-0.2, -0.15) is 0 Å². The highest BCUT2D eigenvalue weighted by Crippen LogP contribution is 2.27. The normalized spacial score (nSPS) is 12.2. The highest BCUT2D eigenvalue weighted by atomic mass is 16.5. The number of rotatable bonds is 6. The topological polar surface area (TPSA) is 38.3 Å². The molecule has 0 radical (unpaired) electrons. The fourth-order valence-corrected chi connectivity index (χ4v) is 2.95. The first-order valence-electron chi connectivity index (χ1n) is 9.13. The maximum absolute atomic E-state index is 12.7. The van der Waals surface area contributed by atoms with E-state index in [2.05, 4.69) is 19.2 Å². The summed E-state index contributed by atoms with van der Waals surface area (Å²) in [5.74, 6) is 1.08. The third-order valence-corrected chi connectivity index (χ3v) is 4.53. The van der Waals surface area contributed by atoms with E-state index in [1.807, 2.05) is 73.7 Å². The van der Waals surface area contributed by atoms with Crippen LogP contribution in [0.2, 0.25) is 0 Å². The van der Waals surface area contributed by atoms with Crippen molar-refractivity contribution in [2.24, 2.45) is 0 Å². The first kappa shape index (κ1) is 18.0. The van der Waals surface area contributed by atoms with Crippen LogP contribution in [0, 0.1) is 0 Å². The molecule has 3 aromatic carbocycles. The molecule has 0 bridgehead atoms. The maximum Gasteiger partial charge on any atom is 0.265 e. The molecule has 0 aromatic heterocycles. The van der Waals surface area contributed by atoms with Crippen molar-refractivity contribution in [2.45, 2.75) is 39.2 Å². The van der Waals surface area contributed by atoms with Crippen LogP contribution in [0.25, 0.3) is 10.8 Å². The Morgan fingerprint density at radius 3 is 2.35 bits per heavy atom. The summed E-state index contributed by atoms with van der Waals surface area (Å²) in [6, 6.07) is 21.9. The highest BCUT2D eigenvalue weighted by molar-refractivity contribution is 5.95. The standard InChI is InChI=1S/C23H25NO2/c1-4-21(23(25)24-19-14-12-17(13-15-19)16(2)3)26-22-11-7-9-18-8-5-6-10-20(18)22/h5-16,21H,4H2,1-3H3,(H,24,25)/t21-/m0/s1. The van der Waals surface area contributed by atoms with Gasteiger partial charge in [0.1, 0.15) is 5.75 Å². The van der Waals surface area contributed by atoms with Crippen LogP contribution in [0.1, 0.15) is 38.7 Å². The van der Waals surface area contributed by atoms with E-state index in [9.17, 15) is 4.79 Å². The minimum atomic E-state index is -0.536. The Labute approximate surface area is 155 Å². The van der Waals surface area contributed by atoms with E-state index in [0.29, 0.717) is 12.3 Å². The van der Waals surface area contributed by atoms with E-state index in [1.54, 1.807) is 0 Å². The first-order chi connectivity index (χ1) is 12.6. The zero-order valence-electron chi connectivity index (χ0n) is 15.5. The summed E-state index contributed by atoms with van der Waals surface area (Å²) in [6.45, 7) is 6.26. The molecule has 0 fully saturated rings. The Hall–Kier alpha value is -2.81. The Bertz CT molecular complexity index is 879. The fourth-order valence-electron chi connectivity index (χ4n) is 2.95. The van der Waals surface area contributed by atoms with Gasteiger partial charge < -0.3 is 10.1 Å². The molecule has 3 nitrogen and oxygen atoms in total. The second-order valence-corrected chi connectivity index (χ2v) is 6.76. The summed E-state index contributed by atoms with van der Waals surface area (Å²) in [4.78, 5) is 12.7. The lowest BCUT2D eigenvalue weighted by Gasteiger charge is -2.19. The number of anilines is 1. The average Bonchev–Trinajstić information content (AvgIpc) is 2.66. The van der Waals surface area contributed by atoms with Crippen molar-refractivity contribution in [2.75, 3.05) is 5.32 Å². The van der Waals surface area contributed by atoms with Gasteiger partial charge in [-0.05, 0) is 41.5 Å². The Balaban J connectivity index is 1.74. The zero-order valence-corrected chi connectivity index (χ0v) is 15.5. The lowest BCUT2D eigenvalue weighted by molar-refractivity contribution is -0.122. The molecule has 0 aliphatic carbocycles. The third kappa shape index (κ3) is 4.05. The van der Waals surface area contributed by atoms with Gasteiger partial charge >= 0.3 is 0 Å². The predicted octanol–water partition coefficient (Wildman–Crippen LogP) is 5.76. The lowest BCUT2D eigenvalue weighted by Crippen LogP contribution is -2.32. The fraction of sp³-hybridized carbons (Fsp3) is 0.261. The molecule has 3 aromatic rings. The minimum Gasteiger partial charge on any atom is -0.480 e. The molecule has 134 valence electrons. The highest BCUT2D eigenvalue weighted by Gasteiger charge is 2.19. The number of carbonyl (C=O) groups is 1. The second kappa shape index (κ2) is 8.05. The van der Waals surface area contributed by atoms with Crippen LogP contribution in [0.5, 0.6) is 5.75 Å². The number of hydrogen-bond donors (Lipinski definition) is 1. The van der Waals surface area contributed by atoms with Gasteiger partial charge in [0.25, 0.3) is 5.91 Å². The van der Waals surface area contributed by atoms with Crippen molar-refractivity contribution in [1.29, 1.82) is 0 Å². The molecule has 0 saturated carbocycles. The van der Waals surface area contributed by atoms with Crippen molar-refractivity contribution >= 4 is 22.4 Å². The Morgan fingerprint density at radius 1 is 0.962 bits per heavy atom. The number of nitrogens with one attached hydrogen (secondary N) is 1. The van der Waals surface area contributed by atoms with Gasteiger partial charge in [0.2, 0.25) is 0 Å². The van der Waals surface area contributed by atoms with Crippen LogP contribution in [0.15, 0.2) is 66.7 Å².